The number of amides is 1. The lowest BCUT2D eigenvalue weighted by Crippen LogP contribution is -2.50. The molecule has 1 amide bonds. The number of hydrogen-bond donors (Lipinski definition) is 0. The smallest absolute Gasteiger partial charge is 0.409 e. The molecule has 0 unspecified atom stereocenters. The molecule has 0 spiro atoms. The summed E-state index contributed by atoms with van der Waals surface area (Å²) < 4.78 is 31.7. The van der Waals surface area contributed by atoms with Crippen LogP contribution in [0.2, 0.25) is 0 Å². The van der Waals surface area contributed by atoms with Crippen molar-refractivity contribution in [2.24, 2.45) is 0 Å². The van der Waals surface area contributed by atoms with E-state index in [2.05, 4.69) is 6.92 Å². The highest BCUT2D eigenvalue weighted by Crippen LogP contribution is 2.19. The molecular formula is C16H24N2O4S. The summed E-state index contributed by atoms with van der Waals surface area (Å²) in [6.07, 6.45) is 1.59. The van der Waals surface area contributed by atoms with Gasteiger partial charge in [-0.25, -0.2) is 13.2 Å². The van der Waals surface area contributed by atoms with E-state index in [0.29, 0.717) is 24.6 Å². The number of benzene rings is 1. The van der Waals surface area contributed by atoms with Crippen LogP contribution in [0, 0.1) is 0 Å². The lowest BCUT2D eigenvalue weighted by molar-refractivity contribution is 0.0934. The first-order valence-corrected chi connectivity index (χ1v) is 9.43. The van der Waals surface area contributed by atoms with E-state index in [4.69, 9.17) is 4.74 Å². The zero-order valence-electron chi connectivity index (χ0n) is 13.7. The molecule has 1 aromatic rings. The van der Waals surface area contributed by atoms with Crippen LogP contribution in [0.1, 0.15) is 25.8 Å². The van der Waals surface area contributed by atoms with Gasteiger partial charge in [-0.2, -0.15) is 4.31 Å². The molecule has 0 aromatic heterocycles. The number of sulfonamides is 1. The zero-order chi connectivity index (χ0) is 16.9. The van der Waals surface area contributed by atoms with Gasteiger partial charge in [0, 0.05) is 26.2 Å². The van der Waals surface area contributed by atoms with Gasteiger partial charge in [0.15, 0.2) is 0 Å². The second-order valence-corrected chi connectivity index (χ2v) is 7.42. The topological polar surface area (TPSA) is 66.9 Å². The van der Waals surface area contributed by atoms with Gasteiger partial charge in [0.25, 0.3) is 0 Å². The van der Waals surface area contributed by atoms with Crippen LogP contribution in [0.4, 0.5) is 4.79 Å². The first kappa shape index (κ1) is 17.7. The van der Waals surface area contributed by atoms with E-state index >= 15 is 0 Å². The quantitative estimate of drug-likeness (QED) is 0.823. The predicted molar refractivity (Wildman–Crippen MR) is 87.8 cm³/mol. The van der Waals surface area contributed by atoms with Gasteiger partial charge in [0.1, 0.15) is 0 Å². The largest absolute Gasteiger partial charge is 0.450 e. The van der Waals surface area contributed by atoms with Gasteiger partial charge in [0.05, 0.1) is 11.5 Å². The number of piperazine rings is 1. The van der Waals surface area contributed by atoms with Crippen LogP contribution < -0.4 is 0 Å². The normalized spacial score (nSPS) is 16.3. The van der Waals surface area contributed by atoms with Crippen LogP contribution in [-0.4, -0.2) is 56.5 Å². The minimum absolute atomic E-state index is 0.290. The summed E-state index contributed by atoms with van der Waals surface area (Å²) in [5, 5.41) is 0. The van der Waals surface area contributed by atoms with Crippen molar-refractivity contribution in [1.29, 1.82) is 0 Å². The fraction of sp³-hybridized carbons (Fsp3) is 0.562. The van der Waals surface area contributed by atoms with Gasteiger partial charge in [-0.3, -0.25) is 0 Å². The summed E-state index contributed by atoms with van der Waals surface area (Å²) in [6, 6.07) is 7.06. The Morgan fingerprint density at radius 2 is 1.70 bits per heavy atom. The molecule has 0 atom stereocenters. The highest BCUT2D eigenvalue weighted by molar-refractivity contribution is 7.89. The molecule has 0 bridgehead atoms. The van der Waals surface area contributed by atoms with Crippen molar-refractivity contribution in [2.75, 3.05) is 32.8 Å². The SMILES string of the molecule is CCCc1ccc(S(=O)(=O)N2CCN(C(=O)OCC)CC2)cc1. The van der Waals surface area contributed by atoms with Crippen LogP contribution in [0.15, 0.2) is 29.2 Å². The van der Waals surface area contributed by atoms with Crippen LogP contribution >= 0.6 is 0 Å². The Morgan fingerprint density at radius 1 is 1.09 bits per heavy atom. The number of carbonyl (C=O) groups is 1. The van der Waals surface area contributed by atoms with Gasteiger partial charge in [-0.1, -0.05) is 25.5 Å². The zero-order valence-corrected chi connectivity index (χ0v) is 14.5. The van der Waals surface area contributed by atoms with Crippen molar-refractivity contribution in [3.8, 4) is 0 Å². The van der Waals surface area contributed by atoms with E-state index in [9.17, 15) is 13.2 Å². The van der Waals surface area contributed by atoms with E-state index < -0.39 is 10.0 Å². The van der Waals surface area contributed by atoms with Crippen molar-refractivity contribution in [3.05, 3.63) is 29.8 Å². The van der Waals surface area contributed by atoms with E-state index in [1.807, 2.05) is 12.1 Å². The molecule has 1 heterocycles. The molecule has 2 rings (SSSR count). The van der Waals surface area contributed by atoms with E-state index in [1.54, 1.807) is 24.0 Å². The lowest BCUT2D eigenvalue weighted by Gasteiger charge is -2.33. The molecule has 1 saturated heterocycles. The maximum atomic E-state index is 12.6. The van der Waals surface area contributed by atoms with Crippen LogP contribution in [0.5, 0.6) is 0 Å². The maximum absolute atomic E-state index is 12.6. The van der Waals surface area contributed by atoms with Gasteiger partial charge in [-0.15, -0.1) is 0 Å². The highest BCUT2D eigenvalue weighted by atomic mass is 32.2. The fourth-order valence-corrected chi connectivity index (χ4v) is 4.01. The highest BCUT2D eigenvalue weighted by Gasteiger charge is 2.30. The summed E-state index contributed by atoms with van der Waals surface area (Å²) >= 11 is 0. The maximum Gasteiger partial charge on any atom is 0.409 e. The molecule has 0 N–H and O–H groups in total. The second-order valence-electron chi connectivity index (χ2n) is 5.48. The lowest BCUT2D eigenvalue weighted by atomic mass is 10.1. The van der Waals surface area contributed by atoms with Crippen LogP contribution in [0.25, 0.3) is 0 Å². The first-order chi connectivity index (χ1) is 11.0. The number of ether oxygens (including phenoxy) is 1. The molecule has 1 fully saturated rings. The van der Waals surface area contributed by atoms with E-state index in [0.717, 1.165) is 18.4 Å². The van der Waals surface area contributed by atoms with Gasteiger partial charge in [-0.05, 0) is 31.0 Å². The second kappa shape index (κ2) is 7.79. The number of nitrogens with zero attached hydrogens (tertiary/aromatic N) is 2. The minimum atomic E-state index is -3.50. The molecule has 0 saturated carbocycles. The van der Waals surface area contributed by atoms with E-state index in [1.165, 1.54) is 4.31 Å². The molecule has 0 aliphatic carbocycles. The average molecular weight is 340 g/mol. The summed E-state index contributed by atoms with van der Waals surface area (Å²) in [4.78, 5) is 13.5. The minimum Gasteiger partial charge on any atom is -0.450 e. The molecular weight excluding hydrogens is 316 g/mol. The molecule has 6 nitrogen and oxygen atoms in total. The number of aryl methyl sites for hydroxylation is 1. The third kappa shape index (κ3) is 4.23. The monoisotopic (exact) mass is 340 g/mol. The van der Waals surface area contributed by atoms with E-state index in [-0.39, 0.29) is 19.2 Å². The van der Waals surface area contributed by atoms with Crippen molar-refractivity contribution >= 4 is 16.1 Å². The Morgan fingerprint density at radius 3 is 2.22 bits per heavy atom. The van der Waals surface area contributed by atoms with Crippen molar-refractivity contribution in [3.63, 3.8) is 0 Å². The van der Waals surface area contributed by atoms with Gasteiger partial charge in [0.2, 0.25) is 10.0 Å². The Labute approximate surface area is 138 Å². The summed E-state index contributed by atoms with van der Waals surface area (Å²) in [5.74, 6) is 0. The molecule has 128 valence electrons. The number of hydrogen-bond acceptors (Lipinski definition) is 4. The van der Waals surface area contributed by atoms with Crippen LogP contribution in [-0.2, 0) is 21.2 Å². The van der Waals surface area contributed by atoms with Crippen molar-refractivity contribution < 1.29 is 17.9 Å². The van der Waals surface area contributed by atoms with Crippen molar-refractivity contribution in [1.82, 2.24) is 9.21 Å². The molecule has 23 heavy (non-hydrogen) atoms. The van der Waals surface area contributed by atoms with Gasteiger partial charge >= 0.3 is 6.09 Å². The Kier molecular flexibility index (Phi) is 6.01. The van der Waals surface area contributed by atoms with Gasteiger partial charge < -0.3 is 9.64 Å². The Bertz CT molecular complexity index is 620. The van der Waals surface area contributed by atoms with Crippen molar-refractivity contribution in [2.45, 2.75) is 31.6 Å². The fourth-order valence-electron chi connectivity index (χ4n) is 2.59. The molecule has 1 aliphatic heterocycles. The van der Waals surface area contributed by atoms with Crippen LogP contribution in [0.3, 0.4) is 0 Å². The predicted octanol–water partition coefficient (Wildman–Crippen LogP) is 2.10. The molecule has 0 radical (unpaired) electrons. The summed E-state index contributed by atoms with van der Waals surface area (Å²) in [6.45, 7) is 5.45. The average Bonchev–Trinajstić information content (AvgIpc) is 2.56. The standard InChI is InChI=1S/C16H24N2O4S/c1-3-5-14-6-8-15(9-7-14)23(20,21)18-12-10-17(11-13-18)16(19)22-4-2/h6-9H,3-5,10-13H2,1-2H3. The third-order valence-corrected chi connectivity index (χ3v) is 5.78. The number of rotatable bonds is 5. The Hall–Kier alpha value is -1.60. The summed E-state index contributed by atoms with van der Waals surface area (Å²) in [7, 11) is -3.50. The molecule has 1 aromatic carbocycles. The number of carbonyl (C=O) groups excluding carboxylic acids is 1. The third-order valence-electron chi connectivity index (χ3n) is 3.86. The molecule has 7 heteroatoms. The summed E-state index contributed by atoms with van der Waals surface area (Å²) in [5.41, 5.74) is 1.14. The first-order valence-electron chi connectivity index (χ1n) is 7.99. The molecule has 1 aliphatic rings. The Balaban J connectivity index is 2.02.